The van der Waals surface area contributed by atoms with E-state index in [2.05, 4.69) is 35.8 Å². The molecule has 7 nitrogen and oxygen atoms in total. The second kappa shape index (κ2) is 6.08. The predicted molar refractivity (Wildman–Crippen MR) is 104 cm³/mol. The van der Waals surface area contributed by atoms with Gasteiger partial charge in [-0.25, -0.2) is 9.97 Å². The smallest absolute Gasteiger partial charge is 0.229 e. The fraction of sp³-hybridized carbons (Fsp3) is 0. The topological polar surface area (TPSA) is 91.4 Å². The summed E-state index contributed by atoms with van der Waals surface area (Å²) in [6.07, 6.45) is 1.69. The Hall–Kier alpha value is -3.52. The maximum absolute atomic E-state index is 4.65. The van der Waals surface area contributed by atoms with Gasteiger partial charge >= 0.3 is 0 Å². The van der Waals surface area contributed by atoms with Crippen molar-refractivity contribution in [2.45, 2.75) is 0 Å². The van der Waals surface area contributed by atoms with Crippen molar-refractivity contribution < 1.29 is 0 Å². The van der Waals surface area contributed by atoms with E-state index in [0.29, 0.717) is 11.8 Å². The van der Waals surface area contributed by atoms with Gasteiger partial charge in [0, 0.05) is 17.1 Å². The van der Waals surface area contributed by atoms with E-state index in [4.69, 9.17) is 0 Å². The van der Waals surface area contributed by atoms with Crippen LogP contribution in [0.5, 0.6) is 0 Å². The summed E-state index contributed by atoms with van der Waals surface area (Å²) >= 11 is 1.61. The first-order valence-corrected chi connectivity index (χ1v) is 8.86. The number of rotatable bonds is 4. The minimum absolute atomic E-state index is 0.523. The number of nitrogens with one attached hydrogen (secondary N) is 3. The molecule has 5 rings (SSSR count). The van der Waals surface area contributed by atoms with E-state index in [1.807, 2.05) is 54.0 Å². The molecule has 8 heteroatoms. The summed E-state index contributed by atoms with van der Waals surface area (Å²) < 4.78 is 1.12. The Labute approximate surface area is 152 Å². The van der Waals surface area contributed by atoms with Crippen molar-refractivity contribution in [2.24, 2.45) is 0 Å². The predicted octanol–water partition coefficient (Wildman–Crippen LogP) is 4.45. The summed E-state index contributed by atoms with van der Waals surface area (Å²) in [6.45, 7) is 0. The first-order valence-electron chi connectivity index (χ1n) is 7.99. The number of anilines is 4. The second-order valence-electron chi connectivity index (χ2n) is 5.67. The van der Waals surface area contributed by atoms with Crippen LogP contribution < -0.4 is 10.6 Å². The first-order chi connectivity index (χ1) is 12.8. The number of benzene rings is 2. The minimum atomic E-state index is 0.523. The van der Waals surface area contributed by atoms with E-state index in [0.717, 1.165) is 32.6 Å². The van der Waals surface area contributed by atoms with E-state index in [-0.39, 0.29) is 0 Å². The zero-order chi connectivity index (χ0) is 17.3. The summed E-state index contributed by atoms with van der Waals surface area (Å²) in [5, 5.41) is 14.3. The Morgan fingerprint density at radius 1 is 0.923 bits per heavy atom. The van der Waals surface area contributed by atoms with E-state index >= 15 is 0 Å². The highest BCUT2D eigenvalue weighted by Crippen LogP contribution is 2.27. The van der Waals surface area contributed by atoms with Crippen LogP contribution in [-0.4, -0.2) is 25.1 Å². The molecule has 3 N–H and O–H groups in total. The molecule has 5 aromatic rings. The van der Waals surface area contributed by atoms with Gasteiger partial charge in [0.15, 0.2) is 0 Å². The van der Waals surface area contributed by atoms with Crippen LogP contribution in [0.4, 0.5) is 23.3 Å². The third-order valence-corrected chi connectivity index (χ3v) is 4.74. The maximum Gasteiger partial charge on any atom is 0.229 e. The van der Waals surface area contributed by atoms with Crippen LogP contribution in [-0.2, 0) is 0 Å². The Morgan fingerprint density at radius 3 is 2.81 bits per heavy atom. The van der Waals surface area contributed by atoms with Crippen molar-refractivity contribution in [1.29, 1.82) is 0 Å². The van der Waals surface area contributed by atoms with Gasteiger partial charge in [-0.05, 0) is 30.3 Å². The molecular formula is C18H13N7S. The molecule has 0 saturated heterocycles. The molecule has 0 radical (unpaired) electrons. The zero-order valence-corrected chi connectivity index (χ0v) is 14.3. The Balaban J connectivity index is 1.56. The number of fused-ring (bicyclic) bond motifs is 2. The number of aromatic nitrogens is 5. The SMILES string of the molecule is c1ccc2c(Nc3ccn[nH]3)nc(Nc3ccc4ncsc4c3)nc2c1. The summed E-state index contributed by atoms with van der Waals surface area (Å²) in [6, 6.07) is 15.7. The molecule has 3 aromatic heterocycles. The van der Waals surface area contributed by atoms with Crippen LogP contribution in [0.1, 0.15) is 0 Å². The summed E-state index contributed by atoms with van der Waals surface area (Å²) in [7, 11) is 0. The van der Waals surface area contributed by atoms with Gasteiger partial charge in [0.05, 0.1) is 27.4 Å². The number of H-pyrrole nitrogens is 1. The molecule has 0 unspecified atom stereocenters. The zero-order valence-electron chi connectivity index (χ0n) is 13.5. The number of thiazole rings is 1. The average molecular weight is 359 g/mol. The molecule has 0 aliphatic heterocycles. The third-order valence-electron chi connectivity index (χ3n) is 3.94. The normalized spacial score (nSPS) is 11.1. The molecule has 3 heterocycles. The Morgan fingerprint density at radius 2 is 1.88 bits per heavy atom. The van der Waals surface area contributed by atoms with E-state index in [9.17, 15) is 0 Å². The molecule has 126 valence electrons. The standard InChI is InChI=1S/C18H13N7S/c1-2-4-13-12(3-1)17(23-16-7-8-20-25-16)24-18(22-13)21-11-5-6-14-15(9-11)26-10-19-14/h1-10H,(H3,20,21,22,23,24,25). The van der Waals surface area contributed by atoms with Crippen molar-refractivity contribution in [3.63, 3.8) is 0 Å². The van der Waals surface area contributed by atoms with Crippen molar-refractivity contribution in [3.05, 3.63) is 60.2 Å². The molecule has 26 heavy (non-hydrogen) atoms. The van der Waals surface area contributed by atoms with Gasteiger partial charge in [-0.2, -0.15) is 10.1 Å². The average Bonchev–Trinajstić information content (AvgIpc) is 3.33. The Kier molecular flexibility index (Phi) is 3.46. The van der Waals surface area contributed by atoms with Crippen LogP contribution in [0.15, 0.2) is 60.2 Å². The molecule has 0 atom stereocenters. The highest BCUT2D eigenvalue weighted by atomic mass is 32.1. The first kappa shape index (κ1) is 14.8. The van der Waals surface area contributed by atoms with Gasteiger partial charge < -0.3 is 10.6 Å². The molecule has 0 saturated carbocycles. The molecule has 0 amide bonds. The number of hydrogen-bond acceptors (Lipinski definition) is 7. The quantitative estimate of drug-likeness (QED) is 0.439. The van der Waals surface area contributed by atoms with Crippen LogP contribution in [0, 0.1) is 0 Å². The molecule has 0 aliphatic carbocycles. The fourth-order valence-electron chi connectivity index (χ4n) is 2.74. The lowest BCUT2D eigenvalue weighted by atomic mass is 10.2. The molecule has 0 aliphatic rings. The van der Waals surface area contributed by atoms with Crippen LogP contribution in [0.25, 0.3) is 21.1 Å². The maximum atomic E-state index is 4.65. The summed E-state index contributed by atoms with van der Waals surface area (Å²) in [4.78, 5) is 13.6. The lowest BCUT2D eigenvalue weighted by Crippen LogP contribution is -2.02. The molecule has 0 spiro atoms. The van der Waals surface area contributed by atoms with Gasteiger partial charge in [-0.1, -0.05) is 12.1 Å². The van der Waals surface area contributed by atoms with Crippen molar-refractivity contribution >= 4 is 55.7 Å². The largest absolute Gasteiger partial charge is 0.325 e. The lowest BCUT2D eigenvalue weighted by molar-refractivity contribution is 1.09. The number of aromatic amines is 1. The van der Waals surface area contributed by atoms with Crippen molar-refractivity contribution in [3.8, 4) is 0 Å². The van der Waals surface area contributed by atoms with Gasteiger partial charge in [-0.15, -0.1) is 11.3 Å². The Bertz CT molecular complexity index is 1200. The van der Waals surface area contributed by atoms with E-state index in [1.165, 1.54) is 0 Å². The number of hydrogen-bond donors (Lipinski definition) is 3. The summed E-state index contributed by atoms with van der Waals surface area (Å²) in [5.74, 6) is 2.00. The monoisotopic (exact) mass is 359 g/mol. The number of nitrogens with zero attached hydrogens (tertiary/aromatic N) is 4. The highest BCUT2D eigenvalue weighted by Gasteiger charge is 2.09. The number of para-hydroxylation sites is 1. The van der Waals surface area contributed by atoms with Crippen LogP contribution >= 0.6 is 11.3 Å². The minimum Gasteiger partial charge on any atom is -0.325 e. The summed E-state index contributed by atoms with van der Waals surface area (Å²) in [5.41, 5.74) is 4.60. The van der Waals surface area contributed by atoms with Crippen molar-refractivity contribution in [2.75, 3.05) is 10.6 Å². The van der Waals surface area contributed by atoms with E-state index < -0.39 is 0 Å². The van der Waals surface area contributed by atoms with Gasteiger partial charge in [-0.3, -0.25) is 5.10 Å². The van der Waals surface area contributed by atoms with E-state index in [1.54, 1.807) is 17.5 Å². The lowest BCUT2D eigenvalue weighted by Gasteiger charge is -2.11. The van der Waals surface area contributed by atoms with Crippen LogP contribution in [0.3, 0.4) is 0 Å². The molecular weight excluding hydrogens is 346 g/mol. The molecule has 0 bridgehead atoms. The van der Waals surface area contributed by atoms with Gasteiger partial charge in [0.2, 0.25) is 5.95 Å². The highest BCUT2D eigenvalue weighted by molar-refractivity contribution is 7.16. The fourth-order valence-corrected chi connectivity index (χ4v) is 3.46. The van der Waals surface area contributed by atoms with Gasteiger partial charge in [0.1, 0.15) is 11.6 Å². The third kappa shape index (κ3) is 2.72. The van der Waals surface area contributed by atoms with Gasteiger partial charge in [0.25, 0.3) is 0 Å². The second-order valence-corrected chi connectivity index (χ2v) is 6.55. The molecule has 0 fully saturated rings. The van der Waals surface area contributed by atoms with Crippen molar-refractivity contribution in [1.82, 2.24) is 25.1 Å². The van der Waals surface area contributed by atoms with Crippen LogP contribution in [0.2, 0.25) is 0 Å². The molecule has 2 aromatic carbocycles.